The summed E-state index contributed by atoms with van der Waals surface area (Å²) < 4.78 is 5.90. The maximum Gasteiger partial charge on any atom is 0.295 e. The number of likely N-dealkylation sites (tertiary alicyclic amines) is 1. The zero-order valence-corrected chi connectivity index (χ0v) is 20.4. The Morgan fingerprint density at radius 1 is 1.03 bits per heavy atom. The summed E-state index contributed by atoms with van der Waals surface area (Å²) in [5, 5.41) is 13.1. The van der Waals surface area contributed by atoms with Crippen molar-refractivity contribution in [1.29, 1.82) is 0 Å². The number of hydrogen-bond donors (Lipinski definition) is 1. The minimum Gasteiger partial charge on any atom is -0.507 e. The molecule has 1 atom stereocenters. The monoisotopic (exact) mass is 496 g/mol. The number of thiophene rings is 1. The number of carbonyl (C=O) groups excluding carboxylic acids is 2. The van der Waals surface area contributed by atoms with Crippen molar-refractivity contribution in [3.8, 4) is 5.75 Å². The number of pyridine rings is 1. The lowest BCUT2D eigenvalue weighted by molar-refractivity contribution is -0.140. The molecule has 3 heterocycles. The molecule has 6 nitrogen and oxygen atoms in total. The number of aliphatic hydroxyl groups is 1. The van der Waals surface area contributed by atoms with Crippen molar-refractivity contribution in [2.24, 2.45) is 0 Å². The van der Waals surface area contributed by atoms with E-state index in [1.54, 1.807) is 42.7 Å². The second-order valence-corrected chi connectivity index (χ2v) is 9.52. The number of hydrogen-bond acceptors (Lipinski definition) is 6. The Kier molecular flexibility index (Phi) is 6.64. The molecule has 1 N–H and O–H groups in total. The number of benzene rings is 2. The predicted molar refractivity (Wildman–Crippen MR) is 138 cm³/mol. The summed E-state index contributed by atoms with van der Waals surface area (Å²) in [6.45, 7) is 2.67. The molecule has 0 spiro atoms. The van der Waals surface area contributed by atoms with Crippen LogP contribution in [-0.4, -0.2) is 26.7 Å². The standard InChI is InChI=1S/C29H24N2O4S/c1-19-6-2-3-8-22(19)18-35-23-12-10-21(11-13-23)27(32)25-26(24-9-5-15-36-24)31(29(34)28(25)33)17-20-7-4-14-30-16-20/h2-16,26,32H,17-18H2,1H3. The number of aryl methyl sites for hydroxylation is 1. The number of amides is 1. The van der Waals surface area contributed by atoms with Crippen LogP contribution in [0.1, 0.15) is 33.2 Å². The molecule has 1 unspecified atom stereocenters. The lowest BCUT2D eigenvalue weighted by Crippen LogP contribution is -2.28. The topological polar surface area (TPSA) is 79.7 Å². The van der Waals surface area contributed by atoms with Crippen molar-refractivity contribution in [1.82, 2.24) is 9.88 Å². The summed E-state index contributed by atoms with van der Waals surface area (Å²) in [6.07, 6.45) is 3.32. The first-order valence-corrected chi connectivity index (χ1v) is 12.4. The highest BCUT2D eigenvalue weighted by molar-refractivity contribution is 7.10. The van der Waals surface area contributed by atoms with Gasteiger partial charge in [-0.3, -0.25) is 14.6 Å². The van der Waals surface area contributed by atoms with Crippen molar-refractivity contribution in [3.05, 3.63) is 123 Å². The van der Waals surface area contributed by atoms with E-state index >= 15 is 0 Å². The molecule has 5 rings (SSSR count). The molecule has 1 aliphatic heterocycles. The van der Waals surface area contributed by atoms with Gasteiger partial charge < -0.3 is 14.7 Å². The maximum absolute atomic E-state index is 13.1. The van der Waals surface area contributed by atoms with Crippen LogP contribution in [0, 0.1) is 6.92 Å². The van der Waals surface area contributed by atoms with Crippen molar-refractivity contribution < 1.29 is 19.4 Å². The summed E-state index contributed by atoms with van der Waals surface area (Å²) in [7, 11) is 0. The van der Waals surface area contributed by atoms with Gasteiger partial charge in [0.2, 0.25) is 0 Å². The fourth-order valence-electron chi connectivity index (χ4n) is 4.27. The lowest BCUT2D eigenvalue weighted by atomic mass is 9.99. The highest BCUT2D eigenvalue weighted by Gasteiger charge is 2.46. The normalized spacial score (nSPS) is 16.9. The quantitative estimate of drug-likeness (QED) is 0.203. The number of nitrogens with zero attached hydrogens (tertiary/aromatic N) is 2. The average molecular weight is 497 g/mol. The first kappa shape index (κ1) is 23.5. The van der Waals surface area contributed by atoms with Crippen LogP contribution in [0.3, 0.4) is 0 Å². The zero-order chi connectivity index (χ0) is 25.1. The molecule has 1 aliphatic rings. The number of ether oxygens (including phenoxy) is 1. The zero-order valence-electron chi connectivity index (χ0n) is 19.6. The third kappa shape index (κ3) is 4.65. The van der Waals surface area contributed by atoms with Crippen molar-refractivity contribution in [3.63, 3.8) is 0 Å². The van der Waals surface area contributed by atoms with E-state index in [2.05, 4.69) is 4.98 Å². The summed E-state index contributed by atoms with van der Waals surface area (Å²) in [4.78, 5) is 32.6. The molecule has 7 heteroatoms. The molecule has 36 heavy (non-hydrogen) atoms. The fraction of sp³-hybridized carbons (Fsp3) is 0.138. The van der Waals surface area contributed by atoms with Crippen molar-refractivity contribution >= 4 is 28.8 Å². The largest absolute Gasteiger partial charge is 0.507 e. The van der Waals surface area contributed by atoms with Crippen LogP contribution < -0.4 is 4.74 Å². The molecule has 2 aromatic carbocycles. The second kappa shape index (κ2) is 10.2. The van der Waals surface area contributed by atoms with Crippen LogP contribution in [0.5, 0.6) is 5.75 Å². The lowest BCUT2D eigenvalue weighted by Gasteiger charge is -2.24. The molecular weight excluding hydrogens is 472 g/mol. The van der Waals surface area contributed by atoms with Gasteiger partial charge in [0.25, 0.3) is 11.7 Å². The number of Topliss-reactive ketones (excluding diaryl/α,β-unsaturated/α-hetero) is 1. The summed E-state index contributed by atoms with van der Waals surface area (Å²) in [5.41, 5.74) is 3.57. The van der Waals surface area contributed by atoms with Crippen LogP contribution in [0.15, 0.2) is 96.1 Å². The fourth-order valence-corrected chi connectivity index (χ4v) is 5.12. The van der Waals surface area contributed by atoms with Gasteiger partial charge >= 0.3 is 0 Å². The van der Waals surface area contributed by atoms with Crippen LogP contribution in [0.2, 0.25) is 0 Å². The van der Waals surface area contributed by atoms with Gasteiger partial charge in [0.15, 0.2) is 0 Å². The van der Waals surface area contributed by atoms with Gasteiger partial charge in [0.1, 0.15) is 18.1 Å². The van der Waals surface area contributed by atoms with Gasteiger partial charge in [0.05, 0.1) is 11.6 Å². The third-order valence-electron chi connectivity index (χ3n) is 6.21. The van der Waals surface area contributed by atoms with E-state index < -0.39 is 17.7 Å². The van der Waals surface area contributed by atoms with E-state index in [4.69, 9.17) is 4.74 Å². The first-order chi connectivity index (χ1) is 17.5. The second-order valence-electron chi connectivity index (χ2n) is 8.54. The Labute approximate surface area is 213 Å². The smallest absolute Gasteiger partial charge is 0.295 e. The summed E-state index contributed by atoms with van der Waals surface area (Å²) in [6, 6.07) is 21.6. The minimum absolute atomic E-state index is 0.0833. The highest BCUT2D eigenvalue weighted by Crippen LogP contribution is 2.42. The molecule has 0 aliphatic carbocycles. The van der Waals surface area contributed by atoms with Crippen LogP contribution >= 0.6 is 11.3 Å². The Hall–Kier alpha value is -4.23. The Bertz CT molecular complexity index is 1410. The maximum atomic E-state index is 13.1. The third-order valence-corrected chi connectivity index (χ3v) is 7.14. The molecule has 1 amide bonds. The summed E-state index contributed by atoms with van der Waals surface area (Å²) >= 11 is 1.44. The SMILES string of the molecule is Cc1ccccc1COc1ccc(C(O)=C2C(=O)C(=O)N(Cc3cccnc3)C2c2cccs2)cc1. The molecule has 0 bridgehead atoms. The molecule has 1 saturated heterocycles. The van der Waals surface area contributed by atoms with Crippen LogP contribution in [0.4, 0.5) is 0 Å². The molecule has 0 saturated carbocycles. The number of aromatic nitrogens is 1. The van der Waals surface area contributed by atoms with Gasteiger partial charge in [-0.15, -0.1) is 11.3 Å². The average Bonchev–Trinajstić information content (AvgIpc) is 3.52. The van der Waals surface area contributed by atoms with Crippen molar-refractivity contribution in [2.45, 2.75) is 26.1 Å². The number of ketones is 1. The van der Waals surface area contributed by atoms with E-state index in [1.165, 1.54) is 16.2 Å². The van der Waals surface area contributed by atoms with Gasteiger partial charge in [-0.25, -0.2) is 0 Å². The van der Waals surface area contributed by atoms with Gasteiger partial charge in [0, 0.05) is 29.4 Å². The molecule has 4 aromatic rings. The van der Waals surface area contributed by atoms with Crippen LogP contribution in [-0.2, 0) is 22.7 Å². The first-order valence-electron chi connectivity index (χ1n) is 11.5. The molecule has 2 aromatic heterocycles. The molecule has 0 radical (unpaired) electrons. The Balaban J connectivity index is 1.44. The van der Waals surface area contributed by atoms with E-state index in [0.29, 0.717) is 17.9 Å². The molecule has 1 fully saturated rings. The predicted octanol–water partition coefficient (Wildman–Crippen LogP) is 5.65. The van der Waals surface area contributed by atoms with E-state index in [9.17, 15) is 14.7 Å². The van der Waals surface area contributed by atoms with Gasteiger partial charge in [-0.05, 0) is 65.4 Å². The summed E-state index contributed by atoms with van der Waals surface area (Å²) in [5.74, 6) is -0.904. The molecule has 180 valence electrons. The van der Waals surface area contributed by atoms with E-state index in [1.807, 2.05) is 54.8 Å². The van der Waals surface area contributed by atoms with E-state index in [0.717, 1.165) is 21.6 Å². The number of carbonyl (C=O) groups is 2. The Morgan fingerprint density at radius 2 is 1.83 bits per heavy atom. The van der Waals surface area contributed by atoms with Gasteiger partial charge in [-0.2, -0.15) is 0 Å². The minimum atomic E-state index is -0.699. The van der Waals surface area contributed by atoms with Crippen LogP contribution in [0.25, 0.3) is 5.76 Å². The van der Waals surface area contributed by atoms with Crippen molar-refractivity contribution in [2.75, 3.05) is 0 Å². The molecular formula is C29H24N2O4S. The van der Waals surface area contributed by atoms with Gasteiger partial charge in [-0.1, -0.05) is 36.4 Å². The Morgan fingerprint density at radius 3 is 2.53 bits per heavy atom. The highest BCUT2D eigenvalue weighted by atomic mass is 32.1. The number of aliphatic hydroxyl groups excluding tert-OH is 1. The number of rotatable bonds is 7. The van der Waals surface area contributed by atoms with E-state index in [-0.39, 0.29) is 17.9 Å².